The van der Waals surface area contributed by atoms with Gasteiger partial charge in [0.05, 0.1) is 6.61 Å². The lowest BCUT2D eigenvalue weighted by molar-refractivity contribution is -0.116. The maximum Gasteiger partial charge on any atom is 0.449 e. The van der Waals surface area contributed by atoms with E-state index in [1.54, 1.807) is 0 Å². The molecule has 0 atom stereocenters. The molecule has 0 spiro atoms. The highest BCUT2D eigenvalue weighted by molar-refractivity contribution is 4.99. The highest BCUT2D eigenvalue weighted by Gasteiger charge is 2.39. The van der Waals surface area contributed by atoms with Gasteiger partial charge in [0.2, 0.25) is 0 Å². The van der Waals surface area contributed by atoms with Crippen molar-refractivity contribution >= 4 is 0 Å². The second kappa shape index (κ2) is 12.7. The molecule has 0 saturated carbocycles. The highest BCUT2D eigenvalue weighted by atomic mass is 19.4. The first-order valence-corrected chi connectivity index (χ1v) is 8.14. The van der Waals surface area contributed by atoms with Crippen molar-refractivity contribution in [2.45, 2.75) is 83.7 Å². The van der Waals surface area contributed by atoms with Crippen LogP contribution in [0.4, 0.5) is 22.0 Å². The van der Waals surface area contributed by atoms with Gasteiger partial charge in [-0.3, -0.25) is 0 Å². The molecule has 0 rings (SSSR count). The zero-order valence-electron chi connectivity index (χ0n) is 13.3. The van der Waals surface area contributed by atoms with Gasteiger partial charge < -0.3 is 4.74 Å². The van der Waals surface area contributed by atoms with E-state index in [9.17, 15) is 22.0 Å². The molecule has 0 bridgehead atoms. The number of hydrogen-bond donors (Lipinski definition) is 0. The first-order valence-electron chi connectivity index (χ1n) is 8.14. The molecule has 0 aromatic carbocycles. The lowest BCUT2D eigenvalue weighted by Gasteiger charge is -2.07. The Balaban J connectivity index is 3.41. The standard InChI is InChI=1S/C16H27F5O/c1-2-3-4-5-6-7-8-9-10-11-12-13-22-15(18)14(17)16(19,20)21/h2-13H2,1H3. The Morgan fingerprint density at radius 3 is 1.55 bits per heavy atom. The summed E-state index contributed by atoms with van der Waals surface area (Å²) in [5.74, 6) is -2.80. The number of ether oxygens (including phenoxy) is 1. The fourth-order valence-electron chi connectivity index (χ4n) is 2.10. The van der Waals surface area contributed by atoms with E-state index in [4.69, 9.17) is 0 Å². The van der Waals surface area contributed by atoms with Gasteiger partial charge in [-0.25, -0.2) is 0 Å². The third-order valence-electron chi connectivity index (χ3n) is 3.40. The molecule has 6 heteroatoms. The maximum absolute atomic E-state index is 12.7. The summed E-state index contributed by atoms with van der Waals surface area (Å²) < 4.78 is 64.6. The first-order chi connectivity index (χ1) is 10.4. The predicted octanol–water partition coefficient (Wildman–Crippen LogP) is 6.98. The van der Waals surface area contributed by atoms with Crippen LogP contribution < -0.4 is 0 Å². The number of rotatable bonds is 13. The zero-order valence-corrected chi connectivity index (χ0v) is 13.3. The molecule has 0 unspecified atom stereocenters. The normalized spacial score (nSPS) is 13.2. The quantitative estimate of drug-likeness (QED) is 0.201. The maximum atomic E-state index is 12.7. The minimum Gasteiger partial charge on any atom is -0.469 e. The van der Waals surface area contributed by atoms with Crippen LogP contribution >= 0.6 is 0 Å². The van der Waals surface area contributed by atoms with E-state index in [1.165, 1.54) is 38.5 Å². The third kappa shape index (κ3) is 11.8. The summed E-state index contributed by atoms with van der Waals surface area (Å²) in [6.45, 7) is 1.95. The highest BCUT2D eigenvalue weighted by Crippen LogP contribution is 2.30. The zero-order chi connectivity index (χ0) is 16.8. The summed E-state index contributed by atoms with van der Waals surface area (Å²) in [5.41, 5.74) is 0. The SMILES string of the molecule is CCCCCCCCCCCCCOC(F)=C(F)C(F)(F)F. The van der Waals surface area contributed by atoms with E-state index in [0.29, 0.717) is 6.42 Å². The average Bonchev–Trinajstić information content (AvgIpc) is 2.46. The fraction of sp³-hybridized carbons (Fsp3) is 0.875. The average molecular weight is 330 g/mol. The number of alkyl halides is 3. The van der Waals surface area contributed by atoms with Crippen molar-refractivity contribution in [3.05, 3.63) is 11.8 Å². The number of hydrogen-bond acceptors (Lipinski definition) is 1. The molecule has 0 aromatic rings. The Labute approximate surface area is 129 Å². The van der Waals surface area contributed by atoms with Crippen LogP contribution in [-0.2, 0) is 4.74 Å². The van der Waals surface area contributed by atoms with Crippen LogP contribution in [0.15, 0.2) is 11.8 Å². The summed E-state index contributed by atoms with van der Waals surface area (Å²) in [6.07, 6.45) is 6.54. The first kappa shape index (κ1) is 21.2. The summed E-state index contributed by atoms with van der Waals surface area (Å²) in [5, 5.41) is 0. The van der Waals surface area contributed by atoms with E-state index >= 15 is 0 Å². The molecule has 0 aromatic heterocycles. The molecule has 0 N–H and O–H groups in total. The number of unbranched alkanes of at least 4 members (excludes halogenated alkanes) is 10. The Kier molecular flexibility index (Phi) is 12.2. The van der Waals surface area contributed by atoms with Gasteiger partial charge in [-0.15, -0.1) is 0 Å². The minimum atomic E-state index is -5.32. The van der Waals surface area contributed by atoms with Crippen LogP contribution in [0.3, 0.4) is 0 Å². The van der Waals surface area contributed by atoms with Gasteiger partial charge in [0.15, 0.2) is 0 Å². The van der Waals surface area contributed by atoms with Gasteiger partial charge in [-0.2, -0.15) is 22.0 Å². The largest absolute Gasteiger partial charge is 0.469 e. The van der Waals surface area contributed by atoms with Crippen LogP contribution in [-0.4, -0.2) is 12.8 Å². The molecule has 1 nitrogen and oxygen atoms in total. The van der Waals surface area contributed by atoms with Gasteiger partial charge in [-0.1, -0.05) is 71.1 Å². The Hall–Kier alpha value is -0.810. The second-order valence-corrected chi connectivity index (χ2v) is 5.47. The summed E-state index contributed by atoms with van der Waals surface area (Å²) >= 11 is 0. The summed E-state index contributed by atoms with van der Waals surface area (Å²) in [7, 11) is 0. The topological polar surface area (TPSA) is 9.23 Å². The van der Waals surface area contributed by atoms with E-state index in [-0.39, 0.29) is 6.61 Å². The van der Waals surface area contributed by atoms with E-state index in [2.05, 4.69) is 11.7 Å². The molecule has 0 heterocycles. The van der Waals surface area contributed by atoms with E-state index in [1.807, 2.05) is 0 Å². The Morgan fingerprint density at radius 2 is 1.14 bits per heavy atom. The molecule has 132 valence electrons. The Bertz CT molecular complexity index is 299. The van der Waals surface area contributed by atoms with Crippen molar-refractivity contribution in [2.24, 2.45) is 0 Å². The monoisotopic (exact) mass is 330 g/mol. The van der Waals surface area contributed by atoms with Gasteiger partial charge in [-0.05, 0) is 6.42 Å². The van der Waals surface area contributed by atoms with Gasteiger partial charge in [0.25, 0.3) is 5.83 Å². The molecular weight excluding hydrogens is 303 g/mol. The van der Waals surface area contributed by atoms with Crippen molar-refractivity contribution in [3.63, 3.8) is 0 Å². The molecule has 22 heavy (non-hydrogen) atoms. The van der Waals surface area contributed by atoms with Crippen LogP contribution in [0.2, 0.25) is 0 Å². The van der Waals surface area contributed by atoms with Gasteiger partial charge in [0.1, 0.15) is 0 Å². The van der Waals surface area contributed by atoms with E-state index in [0.717, 1.165) is 25.7 Å². The van der Waals surface area contributed by atoms with Crippen LogP contribution in [0, 0.1) is 0 Å². The Morgan fingerprint density at radius 1 is 0.727 bits per heavy atom. The van der Waals surface area contributed by atoms with Crippen molar-refractivity contribution in [1.82, 2.24) is 0 Å². The minimum absolute atomic E-state index is 0.230. The van der Waals surface area contributed by atoms with Crippen LogP contribution in [0.25, 0.3) is 0 Å². The van der Waals surface area contributed by atoms with Crippen molar-refractivity contribution < 1.29 is 26.7 Å². The molecule has 0 amide bonds. The predicted molar refractivity (Wildman–Crippen MR) is 77.7 cm³/mol. The second-order valence-electron chi connectivity index (χ2n) is 5.47. The van der Waals surface area contributed by atoms with Gasteiger partial charge >= 0.3 is 12.2 Å². The molecule has 0 saturated heterocycles. The molecule has 0 radical (unpaired) electrons. The third-order valence-corrected chi connectivity index (χ3v) is 3.40. The number of allylic oxidation sites excluding steroid dienone is 1. The van der Waals surface area contributed by atoms with Crippen molar-refractivity contribution in [3.8, 4) is 0 Å². The lowest BCUT2D eigenvalue weighted by Crippen LogP contribution is -2.11. The van der Waals surface area contributed by atoms with Crippen molar-refractivity contribution in [2.75, 3.05) is 6.61 Å². The van der Waals surface area contributed by atoms with Crippen LogP contribution in [0.5, 0.6) is 0 Å². The van der Waals surface area contributed by atoms with Crippen LogP contribution in [0.1, 0.15) is 77.6 Å². The molecule has 0 aliphatic rings. The molecule has 0 aliphatic carbocycles. The lowest BCUT2D eigenvalue weighted by atomic mass is 10.1. The van der Waals surface area contributed by atoms with E-state index < -0.39 is 18.0 Å². The molecule has 0 fully saturated rings. The van der Waals surface area contributed by atoms with Crippen molar-refractivity contribution in [1.29, 1.82) is 0 Å². The summed E-state index contributed by atoms with van der Waals surface area (Å²) in [4.78, 5) is 0. The fourth-order valence-corrected chi connectivity index (χ4v) is 2.10. The molecule has 0 aliphatic heterocycles. The van der Waals surface area contributed by atoms with Gasteiger partial charge in [0, 0.05) is 0 Å². The summed E-state index contributed by atoms with van der Waals surface area (Å²) in [6, 6.07) is -2.17. The number of halogens is 5. The molecular formula is C16H27F5O. The smallest absolute Gasteiger partial charge is 0.449 e.